The number of hydrogen-bond acceptors (Lipinski definition) is 5. The van der Waals surface area contributed by atoms with Crippen LogP contribution in [-0.2, 0) is 4.74 Å². The Kier molecular flexibility index (Phi) is 5.62. The van der Waals surface area contributed by atoms with Gasteiger partial charge in [-0.1, -0.05) is 42.5 Å². The molecule has 0 aliphatic carbocycles. The van der Waals surface area contributed by atoms with Crippen LogP contribution < -0.4 is 14.8 Å². The largest absolute Gasteiger partial charge is 0.479 e. The summed E-state index contributed by atoms with van der Waals surface area (Å²) in [7, 11) is 0. The van der Waals surface area contributed by atoms with E-state index in [0.717, 1.165) is 18.7 Å². The molecule has 2 aromatic carbocycles. The van der Waals surface area contributed by atoms with Crippen molar-refractivity contribution in [2.24, 2.45) is 0 Å². The van der Waals surface area contributed by atoms with Gasteiger partial charge in [-0.3, -0.25) is 4.98 Å². The number of rotatable bonds is 6. The monoisotopic (exact) mass is 362 g/mol. The third-order valence-electron chi connectivity index (χ3n) is 4.39. The molecule has 4 rings (SSSR count). The number of benzene rings is 2. The van der Waals surface area contributed by atoms with Gasteiger partial charge in [0.2, 0.25) is 0 Å². The number of nitrogens with zero attached hydrogens (tertiary/aromatic N) is 1. The van der Waals surface area contributed by atoms with E-state index in [1.807, 2.05) is 54.6 Å². The van der Waals surface area contributed by atoms with Gasteiger partial charge in [0.25, 0.3) is 0 Å². The lowest BCUT2D eigenvalue weighted by atomic mass is 10.0. The van der Waals surface area contributed by atoms with Gasteiger partial charge < -0.3 is 19.5 Å². The summed E-state index contributed by atoms with van der Waals surface area (Å²) in [5.41, 5.74) is 1.07. The molecule has 0 saturated carbocycles. The van der Waals surface area contributed by atoms with Gasteiger partial charge >= 0.3 is 0 Å². The van der Waals surface area contributed by atoms with E-state index in [-0.39, 0.29) is 12.2 Å². The first-order chi connectivity index (χ1) is 13.4. The van der Waals surface area contributed by atoms with E-state index >= 15 is 0 Å². The second-order valence-corrected chi connectivity index (χ2v) is 6.30. The highest BCUT2D eigenvalue weighted by molar-refractivity contribution is 5.43. The van der Waals surface area contributed by atoms with E-state index in [2.05, 4.69) is 22.4 Å². The van der Waals surface area contributed by atoms with Crippen molar-refractivity contribution in [2.45, 2.75) is 12.2 Å². The Hall–Kier alpha value is -2.89. The van der Waals surface area contributed by atoms with E-state index in [1.165, 1.54) is 0 Å². The third-order valence-corrected chi connectivity index (χ3v) is 4.39. The summed E-state index contributed by atoms with van der Waals surface area (Å²) in [5, 5.41) is 3.38. The quantitative estimate of drug-likeness (QED) is 0.719. The van der Waals surface area contributed by atoms with E-state index < -0.39 is 0 Å². The topological polar surface area (TPSA) is 52.6 Å². The number of ether oxygens (including phenoxy) is 3. The van der Waals surface area contributed by atoms with Gasteiger partial charge in [-0.25, -0.2) is 0 Å². The zero-order valence-corrected chi connectivity index (χ0v) is 15.0. The molecule has 0 amide bonds. The summed E-state index contributed by atoms with van der Waals surface area (Å²) in [5.74, 6) is 1.99. The minimum atomic E-state index is -0.238. The minimum Gasteiger partial charge on any atom is -0.479 e. The first kappa shape index (κ1) is 17.5. The molecule has 138 valence electrons. The van der Waals surface area contributed by atoms with Crippen LogP contribution in [0.5, 0.6) is 17.2 Å². The SMILES string of the molecule is c1ccc(C(Oc2ccccc2Oc2cccnc2)C2CNCCO2)cc1. The molecule has 1 aromatic heterocycles. The molecule has 1 fully saturated rings. The fourth-order valence-electron chi connectivity index (χ4n) is 3.08. The lowest BCUT2D eigenvalue weighted by Crippen LogP contribution is -2.43. The maximum absolute atomic E-state index is 6.43. The molecule has 0 bridgehead atoms. The lowest BCUT2D eigenvalue weighted by molar-refractivity contribution is -0.0437. The van der Waals surface area contributed by atoms with Crippen molar-refractivity contribution in [3.63, 3.8) is 0 Å². The number of aromatic nitrogens is 1. The average molecular weight is 362 g/mol. The van der Waals surface area contributed by atoms with Crippen LogP contribution in [-0.4, -0.2) is 30.8 Å². The molecule has 1 aliphatic rings. The standard InChI is InChI=1S/C22H22N2O3/c1-2-7-17(8-3-1)22(21-16-24-13-14-25-21)27-20-11-5-4-10-19(20)26-18-9-6-12-23-15-18/h1-12,15,21-22,24H,13-14,16H2. The molecule has 5 heteroatoms. The molecule has 3 aromatic rings. The number of hydrogen-bond donors (Lipinski definition) is 1. The fraction of sp³-hybridized carbons (Fsp3) is 0.227. The van der Waals surface area contributed by atoms with Crippen molar-refractivity contribution in [3.05, 3.63) is 84.7 Å². The second kappa shape index (κ2) is 8.66. The van der Waals surface area contributed by atoms with Crippen LogP contribution in [0.4, 0.5) is 0 Å². The predicted octanol–water partition coefficient (Wildman–Crippen LogP) is 3.98. The molecule has 1 aliphatic heterocycles. The summed E-state index contributed by atoms with van der Waals surface area (Å²) in [6.45, 7) is 2.27. The smallest absolute Gasteiger partial charge is 0.169 e. The van der Waals surface area contributed by atoms with Crippen LogP contribution in [0.3, 0.4) is 0 Å². The van der Waals surface area contributed by atoms with E-state index in [4.69, 9.17) is 14.2 Å². The van der Waals surface area contributed by atoms with Crippen LogP contribution in [0.2, 0.25) is 0 Å². The molecule has 1 N–H and O–H groups in total. The van der Waals surface area contributed by atoms with Crippen LogP contribution in [0.15, 0.2) is 79.1 Å². The maximum Gasteiger partial charge on any atom is 0.169 e. The molecule has 2 unspecified atom stereocenters. The molecule has 2 heterocycles. The van der Waals surface area contributed by atoms with Crippen molar-refractivity contribution >= 4 is 0 Å². The van der Waals surface area contributed by atoms with Gasteiger partial charge in [-0.2, -0.15) is 0 Å². The molecule has 1 saturated heterocycles. The Morgan fingerprint density at radius 1 is 0.963 bits per heavy atom. The number of pyridine rings is 1. The average Bonchev–Trinajstić information content (AvgIpc) is 2.75. The van der Waals surface area contributed by atoms with E-state index in [1.54, 1.807) is 12.4 Å². The predicted molar refractivity (Wildman–Crippen MR) is 103 cm³/mol. The zero-order valence-electron chi connectivity index (χ0n) is 15.0. The normalized spacial score (nSPS) is 17.9. The zero-order chi connectivity index (χ0) is 18.3. The number of para-hydroxylation sites is 2. The van der Waals surface area contributed by atoms with Gasteiger partial charge in [0.1, 0.15) is 11.9 Å². The van der Waals surface area contributed by atoms with Crippen molar-refractivity contribution in [2.75, 3.05) is 19.7 Å². The minimum absolute atomic E-state index is 0.0763. The van der Waals surface area contributed by atoms with Gasteiger partial charge in [0.15, 0.2) is 17.6 Å². The Morgan fingerprint density at radius 2 is 1.78 bits per heavy atom. The second-order valence-electron chi connectivity index (χ2n) is 6.30. The third kappa shape index (κ3) is 4.45. The van der Waals surface area contributed by atoms with Gasteiger partial charge in [-0.15, -0.1) is 0 Å². The molecule has 0 spiro atoms. The molecule has 27 heavy (non-hydrogen) atoms. The van der Waals surface area contributed by atoms with Crippen molar-refractivity contribution < 1.29 is 14.2 Å². The van der Waals surface area contributed by atoms with Gasteiger partial charge in [0, 0.05) is 19.3 Å². The highest BCUT2D eigenvalue weighted by Gasteiger charge is 2.28. The van der Waals surface area contributed by atoms with Crippen LogP contribution in [0.1, 0.15) is 11.7 Å². The van der Waals surface area contributed by atoms with E-state index in [0.29, 0.717) is 23.9 Å². The highest BCUT2D eigenvalue weighted by Crippen LogP contribution is 2.35. The first-order valence-corrected chi connectivity index (χ1v) is 9.11. The van der Waals surface area contributed by atoms with Crippen molar-refractivity contribution in [1.29, 1.82) is 0 Å². The Balaban J connectivity index is 1.61. The molecule has 0 radical (unpaired) electrons. The van der Waals surface area contributed by atoms with Crippen LogP contribution in [0, 0.1) is 0 Å². The van der Waals surface area contributed by atoms with E-state index in [9.17, 15) is 0 Å². The highest BCUT2D eigenvalue weighted by atomic mass is 16.6. The summed E-state index contributed by atoms with van der Waals surface area (Å²) in [6.07, 6.45) is 3.08. The molecular formula is C22H22N2O3. The lowest BCUT2D eigenvalue weighted by Gasteiger charge is -2.32. The Bertz CT molecular complexity index is 836. The molecule has 5 nitrogen and oxygen atoms in total. The maximum atomic E-state index is 6.43. The van der Waals surface area contributed by atoms with Crippen molar-refractivity contribution in [1.82, 2.24) is 10.3 Å². The summed E-state index contributed by atoms with van der Waals surface area (Å²) >= 11 is 0. The molecular weight excluding hydrogens is 340 g/mol. The van der Waals surface area contributed by atoms with Gasteiger partial charge in [0.05, 0.1) is 12.8 Å². The summed E-state index contributed by atoms with van der Waals surface area (Å²) < 4.78 is 18.4. The molecule has 2 atom stereocenters. The van der Waals surface area contributed by atoms with Crippen LogP contribution >= 0.6 is 0 Å². The van der Waals surface area contributed by atoms with Crippen molar-refractivity contribution in [3.8, 4) is 17.2 Å². The summed E-state index contributed by atoms with van der Waals surface area (Å²) in [6, 6.07) is 21.5. The fourth-order valence-corrected chi connectivity index (χ4v) is 3.08. The number of morpholine rings is 1. The Morgan fingerprint density at radius 3 is 2.52 bits per heavy atom. The Labute approximate surface area is 158 Å². The first-order valence-electron chi connectivity index (χ1n) is 9.11. The van der Waals surface area contributed by atoms with Gasteiger partial charge in [-0.05, 0) is 29.8 Å². The summed E-state index contributed by atoms with van der Waals surface area (Å²) in [4.78, 5) is 4.10. The van der Waals surface area contributed by atoms with Crippen LogP contribution in [0.25, 0.3) is 0 Å². The number of nitrogens with one attached hydrogen (secondary N) is 1.